The summed E-state index contributed by atoms with van der Waals surface area (Å²) in [6.07, 6.45) is -3.70. The number of anilines is 1. The third-order valence-corrected chi connectivity index (χ3v) is 8.21. The Bertz CT molecular complexity index is 1610. The van der Waals surface area contributed by atoms with Gasteiger partial charge in [0.2, 0.25) is 0 Å². The summed E-state index contributed by atoms with van der Waals surface area (Å²) < 4.78 is 39.4. The van der Waals surface area contributed by atoms with Gasteiger partial charge in [-0.25, -0.2) is 14.5 Å². The van der Waals surface area contributed by atoms with Crippen LogP contribution in [-0.4, -0.2) is 44.4 Å². The Labute approximate surface area is 253 Å². The van der Waals surface area contributed by atoms with E-state index in [4.69, 9.17) is 0 Å². The maximum Gasteiger partial charge on any atom is 0.393 e. The number of aromatic nitrogens is 3. The van der Waals surface area contributed by atoms with Crippen LogP contribution in [0.2, 0.25) is 0 Å². The van der Waals surface area contributed by atoms with Gasteiger partial charge in [-0.2, -0.15) is 18.2 Å². The molecule has 2 heterocycles. The minimum absolute atomic E-state index is 0.186. The molecule has 224 valence electrons. The van der Waals surface area contributed by atoms with Gasteiger partial charge in [-0.3, -0.25) is 0 Å². The number of alkyl halides is 3. The Kier molecular flexibility index (Phi) is 8.91. The molecule has 1 atom stereocenters. The van der Waals surface area contributed by atoms with Crippen LogP contribution in [-0.2, 0) is 6.42 Å². The number of halogens is 3. The number of carbonyl (C=O) groups excluding carboxylic acids is 1. The van der Waals surface area contributed by atoms with E-state index in [0.717, 1.165) is 29.1 Å². The summed E-state index contributed by atoms with van der Waals surface area (Å²) in [4.78, 5) is 23.9. The molecule has 43 heavy (non-hydrogen) atoms. The van der Waals surface area contributed by atoms with Crippen LogP contribution in [0.5, 0.6) is 0 Å². The summed E-state index contributed by atoms with van der Waals surface area (Å²) in [5.41, 5.74) is 6.06. The normalized spacial score (nSPS) is 15.3. The molecule has 1 aliphatic rings. The highest BCUT2D eigenvalue weighted by Gasteiger charge is 2.28. The highest BCUT2D eigenvalue weighted by atomic mass is 32.2. The fourth-order valence-corrected chi connectivity index (χ4v) is 6.15. The number of amides is 2. The summed E-state index contributed by atoms with van der Waals surface area (Å²) in [5.74, 6) is 1.69. The standard InChI is InChI=1S/C32H33F3N6OS/c1-20(2)28-21(3)6-5-7-27(28)40-16-17-43-31(40)38-30(42)37-22(4)24-10-12-25(13-11-24)29-36-19-41(39-29)26-14-8-23(9-15-26)18-32(33,34)35/h5-15,19-20,22H,16-18H2,1-4H3,(H,37,42)/b38-31-. The van der Waals surface area contributed by atoms with Crippen molar-refractivity contribution in [2.75, 3.05) is 17.2 Å². The zero-order chi connectivity index (χ0) is 30.7. The molecular weight excluding hydrogens is 573 g/mol. The number of aliphatic imine (C=N–C) groups is 1. The summed E-state index contributed by atoms with van der Waals surface area (Å²) in [7, 11) is 0. The van der Waals surface area contributed by atoms with Crippen molar-refractivity contribution in [3.05, 3.63) is 95.3 Å². The molecule has 1 N–H and O–H groups in total. The minimum Gasteiger partial charge on any atom is -0.330 e. The number of hydrogen-bond donors (Lipinski definition) is 1. The number of thioether (sulfide) groups is 1. The van der Waals surface area contributed by atoms with Gasteiger partial charge in [-0.05, 0) is 60.2 Å². The van der Waals surface area contributed by atoms with Crippen molar-refractivity contribution in [1.82, 2.24) is 20.1 Å². The van der Waals surface area contributed by atoms with E-state index in [0.29, 0.717) is 22.6 Å². The zero-order valence-corrected chi connectivity index (χ0v) is 25.2. The molecule has 3 aromatic carbocycles. The first-order valence-electron chi connectivity index (χ1n) is 14.1. The Balaban J connectivity index is 1.23. The molecule has 4 aromatic rings. The van der Waals surface area contributed by atoms with E-state index < -0.39 is 18.6 Å². The summed E-state index contributed by atoms with van der Waals surface area (Å²) >= 11 is 1.58. The number of aryl methyl sites for hydroxylation is 1. The maximum absolute atomic E-state index is 12.9. The van der Waals surface area contributed by atoms with Gasteiger partial charge >= 0.3 is 12.2 Å². The third-order valence-electron chi connectivity index (χ3n) is 7.25. The van der Waals surface area contributed by atoms with E-state index in [2.05, 4.69) is 58.2 Å². The van der Waals surface area contributed by atoms with Gasteiger partial charge < -0.3 is 10.2 Å². The molecule has 11 heteroatoms. The van der Waals surface area contributed by atoms with Crippen LogP contribution in [0.15, 0.2) is 78.0 Å². The Morgan fingerprint density at radius 1 is 1.05 bits per heavy atom. The lowest BCUT2D eigenvalue weighted by atomic mass is 9.95. The highest BCUT2D eigenvalue weighted by molar-refractivity contribution is 8.14. The van der Waals surface area contributed by atoms with Crippen LogP contribution in [0.3, 0.4) is 0 Å². The lowest BCUT2D eigenvalue weighted by molar-refractivity contribution is -0.127. The number of benzene rings is 3. The molecule has 1 unspecified atom stereocenters. The van der Waals surface area contributed by atoms with Gasteiger partial charge in [0.1, 0.15) is 6.33 Å². The van der Waals surface area contributed by atoms with Crippen molar-refractivity contribution in [1.29, 1.82) is 0 Å². The Morgan fingerprint density at radius 2 is 1.77 bits per heavy atom. The van der Waals surface area contributed by atoms with Gasteiger partial charge in [-0.1, -0.05) is 74.1 Å². The molecule has 0 aliphatic carbocycles. The zero-order valence-electron chi connectivity index (χ0n) is 24.4. The van der Waals surface area contributed by atoms with Crippen molar-refractivity contribution in [3.8, 4) is 17.1 Å². The summed E-state index contributed by atoms with van der Waals surface area (Å²) in [6.45, 7) is 9.17. The van der Waals surface area contributed by atoms with Gasteiger partial charge in [0.15, 0.2) is 11.0 Å². The first-order chi connectivity index (χ1) is 20.5. The largest absolute Gasteiger partial charge is 0.393 e. The first-order valence-corrected chi connectivity index (χ1v) is 15.0. The number of carbonyl (C=O) groups is 1. The predicted octanol–water partition coefficient (Wildman–Crippen LogP) is 7.85. The van der Waals surface area contributed by atoms with Crippen LogP contribution in [0.25, 0.3) is 17.1 Å². The molecular formula is C32H33F3N6OS. The molecule has 1 aromatic heterocycles. The molecule has 1 fully saturated rings. The molecule has 0 spiro atoms. The molecule has 7 nitrogen and oxygen atoms in total. The average molecular weight is 607 g/mol. The number of amidine groups is 1. The van der Waals surface area contributed by atoms with Crippen LogP contribution >= 0.6 is 11.8 Å². The maximum atomic E-state index is 12.9. The summed E-state index contributed by atoms with van der Waals surface area (Å²) in [5, 5.41) is 8.15. The molecule has 2 amide bonds. The quantitative estimate of drug-likeness (QED) is 0.232. The number of nitrogens with zero attached hydrogens (tertiary/aromatic N) is 5. The minimum atomic E-state index is -4.25. The fourth-order valence-electron chi connectivity index (χ4n) is 5.20. The molecule has 1 aliphatic heterocycles. The second kappa shape index (κ2) is 12.6. The van der Waals surface area contributed by atoms with E-state index in [1.165, 1.54) is 34.3 Å². The van der Waals surface area contributed by atoms with Crippen LogP contribution in [0.1, 0.15) is 55.0 Å². The van der Waals surface area contributed by atoms with Crippen molar-refractivity contribution in [3.63, 3.8) is 0 Å². The van der Waals surface area contributed by atoms with E-state index in [-0.39, 0.29) is 11.6 Å². The Hall–Kier alpha value is -4.12. The SMILES string of the molecule is Cc1cccc(N2CCS/C2=N\C(=O)NC(C)c2ccc(-c3ncn(-c4ccc(CC(F)(F)F)cc4)n3)cc2)c1C(C)C. The highest BCUT2D eigenvalue weighted by Crippen LogP contribution is 2.34. The smallest absolute Gasteiger partial charge is 0.330 e. The average Bonchev–Trinajstić information content (AvgIpc) is 3.62. The van der Waals surface area contributed by atoms with Crippen molar-refractivity contribution < 1.29 is 18.0 Å². The van der Waals surface area contributed by atoms with Gasteiger partial charge in [0, 0.05) is 23.5 Å². The molecule has 1 saturated heterocycles. The van der Waals surface area contributed by atoms with Crippen molar-refractivity contribution >= 4 is 28.6 Å². The monoisotopic (exact) mass is 606 g/mol. The predicted molar refractivity (Wildman–Crippen MR) is 166 cm³/mol. The molecule has 0 saturated carbocycles. The lowest BCUT2D eigenvalue weighted by Gasteiger charge is -2.24. The van der Waals surface area contributed by atoms with E-state index in [1.54, 1.807) is 23.9 Å². The number of nitrogens with one attached hydrogen (secondary N) is 1. The topological polar surface area (TPSA) is 75.4 Å². The Morgan fingerprint density at radius 3 is 2.44 bits per heavy atom. The van der Waals surface area contributed by atoms with Gasteiger partial charge in [0.05, 0.1) is 18.2 Å². The summed E-state index contributed by atoms with van der Waals surface area (Å²) in [6, 6.07) is 19.2. The van der Waals surface area contributed by atoms with E-state index >= 15 is 0 Å². The molecule has 5 rings (SSSR count). The third kappa shape index (κ3) is 7.27. The van der Waals surface area contributed by atoms with Crippen LogP contribution in [0, 0.1) is 6.92 Å². The first kappa shape index (κ1) is 30.3. The van der Waals surface area contributed by atoms with Crippen molar-refractivity contribution in [2.45, 2.75) is 52.3 Å². The van der Waals surface area contributed by atoms with Crippen LogP contribution < -0.4 is 10.2 Å². The molecule has 0 bridgehead atoms. The van der Waals surface area contributed by atoms with Crippen LogP contribution in [0.4, 0.5) is 23.7 Å². The van der Waals surface area contributed by atoms with Gasteiger partial charge in [0.25, 0.3) is 0 Å². The van der Waals surface area contributed by atoms with E-state index in [9.17, 15) is 18.0 Å². The molecule has 0 radical (unpaired) electrons. The second-order valence-corrected chi connectivity index (χ2v) is 11.9. The number of hydrogen-bond acceptors (Lipinski definition) is 4. The lowest BCUT2D eigenvalue weighted by Crippen LogP contribution is -2.29. The van der Waals surface area contributed by atoms with E-state index in [1.807, 2.05) is 37.3 Å². The fraction of sp³-hybridized carbons (Fsp3) is 0.312. The second-order valence-electron chi connectivity index (χ2n) is 10.8. The number of rotatable bonds is 7. The van der Waals surface area contributed by atoms with Gasteiger partial charge in [-0.15, -0.1) is 5.10 Å². The number of urea groups is 1. The van der Waals surface area contributed by atoms with Crippen molar-refractivity contribution in [2.24, 2.45) is 4.99 Å².